The minimum absolute atomic E-state index is 0.0953. The summed E-state index contributed by atoms with van der Waals surface area (Å²) in [4.78, 5) is 28.1. The lowest BCUT2D eigenvalue weighted by atomic mass is 10.1. The number of nitrogens with zero attached hydrogens (tertiary/aromatic N) is 2. The molecule has 1 saturated heterocycles. The fraction of sp³-hybridized carbons (Fsp3) is 0.235. The highest BCUT2D eigenvalue weighted by atomic mass is 16.5. The quantitative estimate of drug-likeness (QED) is 0.688. The Morgan fingerprint density at radius 1 is 1.32 bits per heavy atom. The summed E-state index contributed by atoms with van der Waals surface area (Å²) in [5.74, 6) is -0.291. The molecule has 8 heteroatoms. The predicted octanol–water partition coefficient (Wildman–Crippen LogP) is 0.302. The van der Waals surface area contributed by atoms with E-state index in [2.05, 4.69) is 16.9 Å². The van der Waals surface area contributed by atoms with Crippen molar-refractivity contribution in [3.05, 3.63) is 70.8 Å². The molecular weight excluding hydrogens is 326 g/mol. The first-order chi connectivity index (χ1) is 12.0. The SMILES string of the molecule is C=C1[C@H](n2ccc(NC(=O)c3ccccc3)nc2=O)O[C@H](CO)[C@H]1O. The Hall–Kier alpha value is -2.81. The molecule has 2 heterocycles. The van der Waals surface area contributed by atoms with E-state index in [1.165, 1.54) is 12.3 Å². The summed E-state index contributed by atoms with van der Waals surface area (Å²) >= 11 is 0. The second kappa shape index (κ2) is 6.98. The molecule has 3 atom stereocenters. The van der Waals surface area contributed by atoms with E-state index in [9.17, 15) is 14.7 Å². The molecule has 2 aromatic rings. The van der Waals surface area contributed by atoms with Crippen molar-refractivity contribution < 1.29 is 19.7 Å². The number of aliphatic hydroxyl groups excluding tert-OH is 2. The lowest BCUT2D eigenvalue weighted by Gasteiger charge is -2.15. The zero-order valence-corrected chi connectivity index (χ0v) is 13.2. The van der Waals surface area contributed by atoms with Crippen LogP contribution in [0.1, 0.15) is 16.6 Å². The first-order valence-electron chi connectivity index (χ1n) is 7.60. The third kappa shape index (κ3) is 3.36. The van der Waals surface area contributed by atoms with E-state index in [1.807, 2.05) is 0 Å². The molecule has 25 heavy (non-hydrogen) atoms. The molecule has 1 aromatic carbocycles. The van der Waals surface area contributed by atoms with Gasteiger partial charge in [0.15, 0.2) is 6.23 Å². The zero-order chi connectivity index (χ0) is 18.0. The predicted molar refractivity (Wildman–Crippen MR) is 89.0 cm³/mol. The topological polar surface area (TPSA) is 114 Å². The van der Waals surface area contributed by atoms with Crippen LogP contribution in [0.25, 0.3) is 0 Å². The smallest absolute Gasteiger partial charge is 0.351 e. The number of aliphatic hydroxyl groups is 2. The van der Waals surface area contributed by atoms with Gasteiger partial charge in [-0.05, 0) is 18.2 Å². The maximum absolute atomic E-state index is 12.2. The normalized spacial score (nSPS) is 22.8. The summed E-state index contributed by atoms with van der Waals surface area (Å²) in [5.41, 5.74) is 0.0155. The molecule has 0 spiro atoms. The molecule has 1 fully saturated rings. The molecule has 130 valence electrons. The Bertz CT molecular complexity index is 849. The van der Waals surface area contributed by atoms with Crippen molar-refractivity contribution >= 4 is 11.7 Å². The molecule has 1 amide bonds. The van der Waals surface area contributed by atoms with Gasteiger partial charge in [0.05, 0.1) is 6.61 Å². The van der Waals surface area contributed by atoms with Crippen LogP contribution in [0.5, 0.6) is 0 Å². The number of ether oxygens (including phenoxy) is 1. The van der Waals surface area contributed by atoms with Gasteiger partial charge in [-0.1, -0.05) is 24.8 Å². The van der Waals surface area contributed by atoms with Crippen molar-refractivity contribution in [3.63, 3.8) is 0 Å². The number of nitrogens with one attached hydrogen (secondary N) is 1. The number of hydrogen-bond acceptors (Lipinski definition) is 6. The van der Waals surface area contributed by atoms with Gasteiger partial charge in [0.25, 0.3) is 5.91 Å². The minimum atomic E-state index is -1.07. The lowest BCUT2D eigenvalue weighted by molar-refractivity contribution is -0.0447. The van der Waals surface area contributed by atoms with Crippen LogP contribution in [0, 0.1) is 0 Å². The number of aromatic nitrogens is 2. The minimum Gasteiger partial charge on any atom is -0.394 e. The summed E-state index contributed by atoms with van der Waals surface area (Å²) in [6.45, 7) is 3.30. The fourth-order valence-electron chi connectivity index (χ4n) is 2.54. The van der Waals surface area contributed by atoms with Gasteiger partial charge < -0.3 is 20.3 Å². The van der Waals surface area contributed by atoms with Crippen molar-refractivity contribution in [2.45, 2.75) is 18.4 Å². The first-order valence-corrected chi connectivity index (χ1v) is 7.60. The standard InChI is InChI=1S/C17H17N3O5/c1-10-14(22)12(9-21)25-16(10)20-8-7-13(19-17(20)24)18-15(23)11-5-3-2-4-6-11/h2-8,12,14,16,21-22H,1,9H2,(H,18,19,23,24)/t12-,14+,16-/m1/s1. The first kappa shape index (κ1) is 17.0. The maximum Gasteiger partial charge on any atom is 0.351 e. The highest BCUT2D eigenvalue weighted by molar-refractivity contribution is 6.03. The Morgan fingerprint density at radius 2 is 2.04 bits per heavy atom. The van der Waals surface area contributed by atoms with E-state index in [4.69, 9.17) is 9.84 Å². The van der Waals surface area contributed by atoms with E-state index >= 15 is 0 Å². The van der Waals surface area contributed by atoms with Gasteiger partial charge in [0, 0.05) is 17.3 Å². The third-order valence-electron chi connectivity index (χ3n) is 3.89. The molecule has 0 saturated carbocycles. The highest BCUT2D eigenvalue weighted by Crippen LogP contribution is 2.31. The number of benzene rings is 1. The molecule has 0 unspecified atom stereocenters. The molecule has 8 nitrogen and oxygen atoms in total. The molecule has 3 rings (SSSR count). The molecule has 3 N–H and O–H groups in total. The second-order valence-corrected chi connectivity index (χ2v) is 5.55. The molecule has 0 radical (unpaired) electrons. The largest absolute Gasteiger partial charge is 0.394 e. The number of carbonyl (C=O) groups excluding carboxylic acids is 1. The number of carbonyl (C=O) groups is 1. The van der Waals surface area contributed by atoms with Crippen molar-refractivity contribution in [1.82, 2.24) is 9.55 Å². The Morgan fingerprint density at radius 3 is 2.64 bits per heavy atom. The van der Waals surface area contributed by atoms with E-state index in [1.54, 1.807) is 30.3 Å². The number of anilines is 1. The van der Waals surface area contributed by atoms with Crippen molar-refractivity contribution in [1.29, 1.82) is 0 Å². The van der Waals surface area contributed by atoms with Crippen LogP contribution in [-0.4, -0.2) is 44.5 Å². The third-order valence-corrected chi connectivity index (χ3v) is 3.89. The number of amides is 1. The van der Waals surface area contributed by atoms with Gasteiger partial charge >= 0.3 is 5.69 Å². The van der Waals surface area contributed by atoms with Crippen LogP contribution in [0.4, 0.5) is 5.82 Å². The van der Waals surface area contributed by atoms with Crippen LogP contribution in [0.3, 0.4) is 0 Å². The van der Waals surface area contributed by atoms with Crippen LogP contribution in [0.15, 0.2) is 59.5 Å². The number of hydrogen-bond donors (Lipinski definition) is 3. The van der Waals surface area contributed by atoms with Gasteiger partial charge in [-0.15, -0.1) is 0 Å². The fourth-order valence-corrected chi connectivity index (χ4v) is 2.54. The average molecular weight is 343 g/mol. The summed E-state index contributed by atoms with van der Waals surface area (Å²) in [6, 6.07) is 9.97. The van der Waals surface area contributed by atoms with Crippen LogP contribution >= 0.6 is 0 Å². The van der Waals surface area contributed by atoms with Crippen molar-refractivity contribution in [2.75, 3.05) is 11.9 Å². The molecule has 0 aliphatic carbocycles. The molecule has 0 bridgehead atoms. The summed E-state index contributed by atoms with van der Waals surface area (Å²) < 4.78 is 6.57. The van der Waals surface area contributed by atoms with E-state index in [0.29, 0.717) is 5.56 Å². The average Bonchev–Trinajstić information content (AvgIpc) is 2.91. The second-order valence-electron chi connectivity index (χ2n) is 5.55. The summed E-state index contributed by atoms with van der Waals surface area (Å²) in [6.07, 6.45) is -1.45. The van der Waals surface area contributed by atoms with E-state index in [-0.39, 0.29) is 17.3 Å². The van der Waals surface area contributed by atoms with E-state index in [0.717, 1.165) is 4.57 Å². The van der Waals surface area contributed by atoms with Crippen molar-refractivity contribution in [3.8, 4) is 0 Å². The van der Waals surface area contributed by atoms with Gasteiger partial charge in [-0.25, -0.2) is 4.79 Å². The Kier molecular flexibility index (Phi) is 4.75. The molecule has 1 aromatic heterocycles. The van der Waals surface area contributed by atoms with Gasteiger partial charge in [-0.2, -0.15) is 4.98 Å². The molecular formula is C17H17N3O5. The van der Waals surface area contributed by atoms with Crippen LogP contribution < -0.4 is 11.0 Å². The highest BCUT2D eigenvalue weighted by Gasteiger charge is 2.38. The van der Waals surface area contributed by atoms with Gasteiger partial charge in [0.1, 0.15) is 18.0 Å². The maximum atomic E-state index is 12.2. The number of rotatable bonds is 4. The molecule has 1 aliphatic heterocycles. The monoisotopic (exact) mass is 343 g/mol. The Balaban J connectivity index is 1.79. The van der Waals surface area contributed by atoms with Gasteiger partial charge in [0.2, 0.25) is 0 Å². The van der Waals surface area contributed by atoms with Crippen LogP contribution in [-0.2, 0) is 4.74 Å². The van der Waals surface area contributed by atoms with E-state index < -0.39 is 30.7 Å². The Labute approximate surface area is 143 Å². The zero-order valence-electron chi connectivity index (χ0n) is 13.2. The lowest BCUT2D eigenvalue weighted by Crippen LogP contribution is -2.29. The summed E-state index contributed by atoms with van der Waals surface area (Å²) in [5, 5.41) is 21.6. The molecule has 1 aliphatic rings. The van der Waals surface area contributed by atoms with Gasteiger partial charge in [-0.3, -0.25) is 9.36 Å². The van der Waals surface area contributed by atoms with Crippen LogP contribution in [0.2, 0.25) is 0 Å². The summed E-state index contributed by atoms with van der Waals surface area (Å²) in [7, 11) is 0. The van der Waals surface area contributed by atoms with Crippen molar-refractivity contribution in [2.24, 2.45) is 0 Å².